The maximum absolute atomic E-state index is 4.52. The van der Waals surface area contributed by atoms with Crippen LogP contribution in [0.15, 0.2) is 0 Å². The second-order valence-electron chi connectivity index (χ2n) is 5.03. The van der Waals surface area contributed by atoms with Gasteiger partial charge in [0, 0.05) is 5.25 Å². The van der Waals surface area contributed by atoms with Crippen molar-refractivity contribution in [2.24, 2.45) is 0 Å². The second-order valence-corrected chi connectivity index (χ2v) is 5.76. The average Bonchev–Trinajstić information content (AvgIpc) is 2.31. The first kappa shape index (κ1) is 16.4. The van der Waals surface area contributed by atoms with E-state index in [9.17, 15) is 0 Å². The Bertz CT molecular complexity index is 123. The van der Waals surface area contributed by atoms with Crippen LogP contribution >= 0.6 is 12.6 Å². The topological polar surface area (TPSA) is 0 Å². The van der Waals surface area contributed by atoms with E-state index in [1.807, 2.05) is 0 Å². The van der Waals surface area contributed by atoms with E-state index in [4.69, 9.17) is 0 Å². The third kappa shape index (κ3) is 12.4. The Hall–Kier alpha value is 0.350. The Morgan fingerprint density at radius 1 is 0.688 bits per heavy atom. The van der Waals surface area contributed by atoms with Crippen LogP contribution in [-0.4, -0.2) is 5.25 Å². The molecule has 0 heterocycles. The lowest BCUT2D eigenvalue weighted by atomic mass is 10.0. The van der Waals surface area contributed by atoms with E-state index < -0.39 is 0 Å². The van der Waals surface area contributed by atoms with Crippen molar-refractivity contribution in [1.82, 2.24) is 0 Å². The second kappa shape index (κ2) is 13.4. The Labute approximate surface area is 109 Å². The van der Waals surface area contributed by atoms with Crippen LogP contribution in [0.4, 0.5) is 0 Å². The summed E-state index contributed by atoms with van der Waals surface area (Å²) in [6.07, 6.45) is 16.9. The number of hydrogen-bond donors (Lipinski definition) is 1. The highest BCUT2D eigenvalue weighted by atomic mass is 32.1. The first-order valence-electron chi connectivity index (χ1n) is 7.49. The molecule has 0 saturated carbocycles. The fourth-order valence-corrected chi connectivity index (χ4v) is 2.25. The standard InChI is InChI=1S/C15H32S/c1-3-5-6-7-8-9-10-11-12-13-14-15(16)4-2/h15-16H,3-14H2,1-2H3. The third-order valence-corrected chi connectivity index (χ3v) is 3.99. The lowest BCUT2D eigenvalue weighted by molar-refractivity contribution is 0.545. The molecule has 0 radical (unpaired) electrons. The van der Waals surface area contributed by atoms with Crippen molar-refractivity contribution in [2.75, 3.05) is 0 Å². The molecule has 0 amide bonds. The molecule has 0 nitrogen and oxygen atoms in total. The summed E-state index contributed by atoms with van der Waals surface area (Å²) in [5.74, 6) is 0. The lowest BCUT2D eigenvalue weighted by Crippen LogP contribution is -1.95. The van der Waals surface area contributed by atoms with Crippen molar-refractivity contribution in [1.29, 1.82) is 0 Å². The Morgan fingerprint density at radius 2 is 1.12 bits per heavy atom. The SMILES string of the molecule is CCCCCCCCCCCCC(S)CC. The summed E-state index contributed by atoms with van der Waals surface area (Å²) in [7, 11) is 0. The maximum Gasteiger partial charge on any atom is 0.00141 e. The first-order valence-corrected chi connectivity index (χ1v) is 8.01. The molecular weight excluding hydrogens is 212 g/mol. The quantitative estimate of drug-likeness (QED) is 0.315. The molecular formula is C15H32S. The molecule has 0 bridgehead atoms. The van der Waals surface area contributed by atoms with Gasteiger partial charge >= 0.3 is 0 Å². The van der Waals surface area contributed by atoms with E-state index in [0.29, 0.717) is 5.25 Å². The highest BCUT2D eigenvalue weighted by Crippen LogP contribution is 2.14. The lowest BCUT2D eigenvalue weighted by Gasteiger charge is -2.06. The van der Waals surface area contributed by atoms with E-state index in [0.717, 1.165) is 0 Å². The normalized spacial score (nSPS) is 12.9. The van der Waals surface area contributed by atoms with Gasteiger partial charge in [0.1, 0.15) is 0 Å². The van der Waals surface area contributed by atoms with Crippen LogP contribution in [0.5, 0.6) is 0 Å². The van der Waals surface area contributed by atoms with Crippen LogP contribution in [-0.2, 0) is 0 Å². The van der Waals surface area contributed by atoms with Gasteiger partial charge in [0.2, 0.25) is 0 Å². The molecule has 0 aromatic heterocycles. The van der Waals surface area contributed by atoms with Crippen LogP contribution in [0.2, 0.25) is 0 Å². The molecule has 16 heavy (non-hydrogen) atoms. The fourth-order valence-electron chi connectivity index (χ4n) is 2.07. The molecule has 0 spiro atoms. The largest absolute Gasteiger partial charge is 0.176 e. The van der Waals surface area contributed by atoms with Crippen molar-refractivity contribution in [3.05, 3.63) is 0 Å². The van der Waals surface area contributed by atoms with Crippen LogP contribution in [0.3, 0.4) is 0 Å². The summed E-state index contributed by atoms with van der Waals surface area (Å²) in [5, 5.41) is 0.647. The first-order chi connectivity index (χ1) is 7.81. The molecule has 0 fully saturated rings. The minimum Gasteiger partial charge on any atom is -0.176 e. The molecule has 0 aliphatic heterocycles. The van der Waals surface area contributed by atoms with E-state index in [1.165, 1.54) is 77.0 Å². The molecule has 1 atom stereocenters. The summed E-state index contributed by atoms with van der Waals surface area (Å²) < 4.78 is 0. The molecule has 0 saturated heterocycles. The van der Waals surface area contributed by atoms with Gasteiger partial charge in [-0.25, -0.2) is 0 Å². The summed E-state index contributed by atoms with van der Waals surface area (Å²) >= 11 is 4.52. The molecule has 1 unspecified atom stereocenters. The fraction of sp³-hybridized carbons (Fsp3) is 1.00. The van der Waals surface area contributed by atoms with Gasteiger partial charge in [0.25, 0.3) is 0 Å². The summed E-state index contributed by atoms with van der Waals surface area (Å²) in [5.41, 5.74) is 0. The van der Waals surface area contributed by atoms with Crippen molar-refractivity contribution < 1.29 is 0 Å². The van der Waals surface area contributed by atoms with Gasteiger partial charge in [-0.2, -0.15) is 12.6 Å². The number of hydrogen-bond acceptors (Lipinski definition) is 1. The smallest absolute Gasteiger partial charge is 0.00141 e. The minimum atomic E-state index is 0.647. The maximum atomic E-state index is 4.52. The average molecular weight is 244 g/mol. The third-order valence-electron chi connectivity index (χ3n) is 3.36. The molecule has 1 heteroatoms. The van der Waals surface area contributed by atoms with Crippen LogP contribution in [0, 0.1) is 0 Å². The van der Waals surface area contributed by atoms with Gasteiger partial charge in [0.05, 0.1) is 0 Å². The van der Waals surface area contributed by atoms with Crippen molar-refractivity contribution in [3.8, 4) is 0 Å². The van der Waals surface area contributed by atoms with Gasteiger partial charge in [0.15, 0.2) is 0 Å². The molecule has 0 N–H and O–H groups in total. The van der Waals surface area contributed by atoms with E-state index in [1.54, 1.807) is 0 Å². The zero-order valence-corrected chi connectivity index (χ0v) is 12.4. The van der Waals surface area contributed by atoms with Crippen LogP contribution < -0.4 is 0 Å². The zero-order valence-electron chi connectivity index (χ0n) is 11.5. The predicted octanol–water partition coefficient (Wildman–Crippen LogP) is 6.01. The molecule has 98 valence electrons. The highest BCUT2D eigenvalue weighted by Gasteiger charge is 1.98. The van der Waals surface area contributed by atoms with Gasteiger partial charge < -0.3 is 0 Å². The summed E-state index contributed by atoms with van der Waals surface area (Å²) in [6.45, 7) is 4.51. The van der Waals surface area contributed by atoms with Gasteiger partial charge in [-0.1, -0.05) is 78.1 Å². The number of rotatable bonds is 12. The summed E-state index contributed by atoms with van der Waals surface area (Å²) in [6, 6.07) is 0. The molecule has 0 aliphatic rings. The van der Waals surface area contributed by atoms with E-state index in [2.05, 4.69) is 26.5 Å². The molecule has 0 aromatic rings. The van der Waals surface area contributed by atoms with Crippen molar-refractivity contribution in [3.63, 3.8) is 0 Å². The monoisotopic (exact) mass is 244 g/mol. The molecule has 0 aliphatic carbocycles. The van der Waals surface area contributed by atoms with Gasteiger partial charge in [-0.15, -0.1) is 0 Å². The Morgan fingerprint density at radius 3 is 1.56 bits per heavy atom. The van der Waals surface area contributed by atoms with Crippen molar-refractivity contribution >= 4 is 12.6 Å². The molecule has 0 rings (SSSR count). The Kier molecular flexibility index (Phi) is 13.7. The van der Waals surface area contributed by atoms with Crippen LogP contribution in [0.25, 0.3) is 0 Å². The number of unbranched alkanes of at least 4 members (excludes halogenated alkanes) is 9. The van der Waals surface area contributed by atoms with E-state index in [-0.39, 0.29) is 0 Å². The van der Waals surface area contributed by atoms with Crippen LogP contribution in [0.1, 0.15) is 90.9 Å². The van der Waals surface area contributed by atoms with E-state index >= 15 is 0 Å². The summed E-state index contributed by atoms with van der Waals surface area (Å²) in [4.78, 5) is 0. The predicted molar refractivity (Wildman–Crippen MR) is 79.5 cm³/mol. The number of thiol groups is 1. The zero-order chi connectivity index (χ0) is 12.1. The molecule has 0 aromatic carbocycles. The Balaban J connectivity index is 2.93. The van der Waals surface area contributed by atoms with Gasteiger partial charge in [-0.05, 0) is 12.8 Å². The highest BCUT2D eigenvalue weighted by molar-refractivity contribution is 7.80. The minimum absolute atomic E-state index is 0.647. The van der Waals surface area contributed by atoms with Gasteiger partial charge in [-0.3, -0.25) is 0 Å². The van der Waals surface area contributed by atoms with Crippen molar-refractivity contribution in [2.45, 2.75) is 96.1 Å².